The van der Waals surface area contributed by atoms with Gasteiger partial charge in [0.25, 0.3) is 0 Å². The summed E-state index contributed by atoms with van der Waals surface area (Å²) in [5.41, 5.74) is 0.935. The number of nitrogens with zero attached hydrogens (tertiary/aromatic N) is 3. The average molecular weight is 289 g/mol. The van der Waals surface area contributed by atoms with Crippen molar-refractivity contribution >= 4 is 11.5 Å². The van der Waals surface area contributed by atoms with Crippen LogP contribution in [0.15, 0.2) is 12.3 Å². The van der Waals surface area contributed by atoms with Gasteiger partial charge >= 0.3 is 6.18 Å². The summed E-state index contributed by atoms with van der Waals surface area (Å²) < 4.78 is 36.0. The fourth-order valence-corrected chi connectivity index (χ4v) is 1.99. The molecule has 1 saturated heterocycles. The van der Waals surface area contributed by atoms with E-state index in [-0.39, 0.29) is 13.0 Å². The molecule has 1 aromatic heterocycles. The number of rotatable bonds is 6. The Kier molecular flexibility index (Phi) is 4.64. The molecule has 0 aromatic carbocycles. The van der Waals surface area contributed by atoms with Crippen molar-refractivity contribution in [1.29, 1.82) is 0 Å². The Bertz CT molecular complexity index is 431. The minimum absolute atomic E-state index is 0.0287. The molecule has 1 aliphatic heterocycles. The molecule has 1 fully saturated rings. The molecule has 20 heavy (non-hydrogen) atoms. The van der Waals surface area contributed by atoms with Gasteiger partial charge in [-0.2, -0.15) is 18.3 Å². The molecule has 8 heteroatoms. The van der Waals surface area contributed by atoms with Gasteiger partial charge in [-0.25, -0.2) is 0 Å². The van der Waals surface area contributed by atoms with Gasteiger partial charge < -0.3 is 15.5 Å². The van der Waals surface area contributed by atoms with Crippen molar-refractivity contribution in [3.05, 3.63) is 12.3 Å². The van der Waals surface area contributed by atoms with E-state index >= 15 is 0 Å². The van der Waals surface area contributed by atoms with Gasteiger partial charge in [-0.05, 0) is 13.5 Å². The molecular formula is C12H18F3N5. The van der Waals surface area contributed by atoms with Crippen LogP contribution in [0.5, 0.6) is 0 Å². The van der Waals surface area contributed by atoms with Crippen molar-refractivity contribution in [2.45, 2.75) is 25.1 Å². The molecule has 5 nitrogen and oxygen atoms in total. The first-order chi connectivity index (χ1) is 9.48. The second-order valence-electron chi connectivity index (χ2n) is 4.84. The largest absolute Gasteiger partial charge is 0.389 e. The number of hydrogen-bond acceptors (Lipinski definition) is 5. The number of hydrogen-bond donors (Lipinski definition) is 2. The topological polar surface area (TPSA) is 53.1 Å². The van der Waals surface area contributed by atoms with Crippen LogP contribution in [-0.2, 0) is 0 Å². The molecule has 0 atom stereocenters. The zero-order chi connectivity index (χ0) is 14.6. The van der Waals surface area contributed by atoms with Gasteiger partial charge in [0, 0.05) is 38.2 Å². The Balaban J connectivity index is 1.78. The van der Waals surface area contributed by atoms with Crippen LogP contribution < -0.4 is 15.5 Å². The molecule has 2 rings (SSSR count). The Morgan fingerprint density at radius 2 is 2.15 bits per heavy atom. The second kappa shape index (κ2) is 6.25. The maximum absolute atomic E-state index is 12.0. The molecule has 0 amide bonds. The lowest BCUT2D eigenvalue weighted by Gasteiger charge is -2.40. The third-order valence-corrected chi connectivity index (χ3v) is 3.24. The van der Waals surface area contributed by atoms with Crippen LogP contribution in [0.25, 0.3) is 0 Å². The van der Waals surface area contributed by atoms with Crippen LogP contribution in [0.4, 0.5) is 24.7 Å². The predicted molar refractivity (Wildman–Crippen MR) is 70.9 cm³/mol. The average Bonchev–Trinajstić information content (AvgIpc) is 2.33. The van der Waals surface area contributed by atoms with E-state index in [0.717, 1.165) is 18.8 Å². The molecule has 1 aromatic rings. The van der Waals surface area contributed by atoms with E-state index in [0.29, 0.717) is 11.9 Å². The van der Waals surface area contributed by atoms with Crippen LogP contribution in [0.2, 0.25) is 0 Å². The molecule has 0 saturated carbocycles. The summed E-state index contributed by atoms with van der Waals surface area (Å²) in [6.07, 6.45) is -3.20. The lowest BCUT2D eigenvalue weighted by atomic mass is 10.1. The zero-order valence-corrected chi connectivity index (χ0v) is 11.2. The first-order valence-electron chi connectivity index (χ1n) is 6.53. The summed E-state index contributed by atoms with van der Waals surface area (Å²) >= 11 is 0. The van der Waals surface area contributed by atoms with Crippen molar-refractivity contribution in [2.24, 2.45) is 0 Å². The quantitative estimate of drug-likeness (QED) is 0.780. The lowest BCUT2D eigenvalue weighted by molar-refractivity contribution is -0.134. The van der Waals surface area contributed by atoms with E-state index in [2.05, 4.69) is 25.7 Å². The Morgan fingerprint density at radius 1 is 1.40 bits per heavy atom. The minimum atomic E-state index is -4.10. The molecule has 1 aliphatic rings. The summed E-state index contributed by atoms with van der Waals surface area (Å²) in [5.74, 6) is 0.512. The number of likely N-dealkylation sites (N-methyl/N-ethyl adjacent to an activating group) is 1. The third-order valence-electron chi connectivity index (χ3n) is 3.24. The molecule has 0 bridgehead atoms. The van der Waals surface area contributed by atoms with Crippen molar-refractivity contribution < 1.29 is 13.2 Å². The third kappa shape index (κ3) is 4.22. The van der Waals surface area contributed by atoms with Gasteiger partial charge in [0.15, 0.2) is 5.82 Å². The smallest absolute Gasteiger partial charge is 0.369 e. The molecule has 112 valence electrons. The molecule has 0 spiro atoms. The molecule has 0 radical (unpaired) electrons. The van der Waals surface area contributed by atoms with Crippen LogP contribution in [0, 0.1) is 0 Å². The highest BCUT2D eigenvalue weighted by atomic mass is 19.4. The van der Waals surface area contributed by atoms with Crippen molar-refractivity contribution in [1.82, 2.24) is 15.5 Å². The fraction of sp³-hybridized carbons (Fsp3) is 0.667. The van der Waals surface area contributed by atoms with Crippen LogP contribution >= 0.6 is 0 Å². The highest BCUT2D eigenvalue weighted by Crippen LogP contribution is 2.23. The number of alkyl halides is 3. The molecule has 2 heterocycles. The van der Waals surface area contributed by atoms with E-state index in [1.807, 2.05) is 13.1 Å². The fourth-order valence-electron chi connectivity index (χ4n) is 1.99. The summed E-state index contributed by atoms with van der Waals surface area (Å²) in [4.78, 5) is 2.14. The number of aromatic nitrogens is 2. The van der Waals surface area contributed by atoms with Crippen LogP contribution in [-0.4, -0.2) is 49.1 Å². The maximum Gasteiger partial charge on any atom is 0.389 e. The summed E-state index contributed by atoms with van der Waals surface area (Å²) in [5, 5.41) is 13.8. The normalized spacial score (nSPS) is 16.1. The van der Waals surface area contributed by atoms with Crippen molar-refractivity contribution in [3.8, 4) is 0 Å². The highest BCUT2D eigenvalue weighted by Gasteiger charge is 2.26. The first-order valence-corrected chi connectivity index (χ1v) is 6.53. The second-order valence-corrected chi connectivity index (χ2v) is 4.84. The number of anilines is 2. The van der Waals surface area contributed by atoms with E-state index < -0.39 is 12.6 Å². The SMILES string of the molecule is CNC1CN(c2cnnc(NCCCC(F)(F)F)c2)C1. The summed E-state index contributed by atoms with van der Waals surface area (Å²) in [7, 11) is 1.92. The van der Waals surface area contributed by atoms with Gasteiger partial charge in [-0.3, -0.25) is 0 Å². The summed E-state index contributed by atoms with van der Waals surface area (Å²) in [6.45, 7) is 2.03. The molecule has 2 N–H and O–H groups in total. The van der Waals surface area contributed by atoms with E-state index in [4.69, 9.17) is 0 Å². The van der Waals surface area contributed by atoms with E-state index in [9.17, 15) is 13.2 Å². The standard InChI is InChI=1S/C12H18F3N5/c1-16-9-7-20(8-9)10-5-11(19-18-6-10)17-4-2-3-12(13,14)15/h5-6,9,16H,2-4,7-8H2,1H3,(H,17,19). The Labute approximate surface area is 115 Å². The van der Waals surface area contributed by atoms with E-state index in [1.54, 1.807) is 6.20 Å². The van der Waals surface area contributed by atoms with Crippen LogP contribution in [0.1, 0.15) is 12.8 Å². The Hall–Kier alpha value is -1.57. The minimum Gasteiger partial charge on any atom is -0.369 e. The van der Waals surface area contributed by atoms with Gasteiger partial charge in [0.2, 0.25) is 0 Å². The van der Waals surface area contributed by atoms with Gasteiger partial charge in [0.05, 0.1) is 11.9 Å². The molecule has 0 unspecified atom stereocenters. The van der Waals surface area contributed by atoms with Crippen molar-refractivity contribution in [2.75, 3.05) is 36.9 Å². The molecular weight excluding hydrogens is 271 g/mol. The zero-order valence-electron chi connectivity index (χ0n) is 11.2. The van der Waals surface area contributed by atoms with Gasteiger partial charge in [0.1, 0.15) is 0 Å². The molecule has 0 aliphatic carbocycles. The lowest BCUT2D eigenvalue weighted by Crippen LogP contribution is -2.57. The highest BCUT2D eigenvalue weighted by molar-refractivity contribution is 5.54. The van der Waals surface area contributed by atoms with Crippen LogP contribution in [0.3, 0.4) is 0 Å². The van der Waals surface area contributed by atoms with E-state index in [1.165, 1.54) is 0 Å². The monoisotopic (exact) mass is 289 g/mol. The number of nitrogens with one attached hydrogen (secondary N) is 2. The maximum atomic E-state index is 12.0. The van der Waals surface area contributed by atoms with Gasteiger partial charge in [-0.1, -0.05) is 0 Å². The Morgan fingerprint density at radius 3 is 2.80 bits per heavy atom. The van der Waals surface area contributed by atoms with Gasteiger partial charge in [-0.15, -0.1) is 5.10 Å². The van der Waals surface area contributed by atoms with Crippen molar-refractivity contribution in [3.63, 3.8) is 0 Å². The first kappa shape index (κ1) is 14.8. The number of halogens is 3. The summed E-state index contributed by atoms with van der Waals surface area (Å²) in [6, 6.07) is 2.29. The predicted octanol–water partition coefficient (Wildman–Crippen LogP) is 1.64.